The highest BCUT2D eigenvalue weighted by molar-refractivity contribution is 6.21. The molecule has 1 unspecified atom stereocenters. The van der Waals surface area contributed by atoms with Crippen LogP contribution in [0.25, 0.3) is 0 Å². The molecule has 1 N–H and O–H groups in total. The van der Waals surface area contributed by atoms with Crippen LogP contribution in [0.5, 0.6) is 0 Å². The van der Waals surface area contributed by atoms with Crippen LogP contribution >= 0.6 is 11.6 Å². The number of aryl methyl sites for hydroxylation is 1. The Bertz CT molecular complexity index is 305. The van der Waals surface area contributed by atoms with Crippen molar-refractivity contribution >= 4 is 11.6 Å². The van der Waals surface area contributed by atoms with Crippen molar-refractivity contribution in [3.63, 3.8) is 0 Å². The second-order valence-electron chi connectivity index (χ2n) is 4.54. The van der Waals surface area contributed by atoms with Crippen molar-refractivity contribution in [3.05, 3.63) is 18.0 Å². The second kappa shape index (κ2) is 4.99. The van der Waals surface area contributed by atoms with E-state index in [0.717, 1.165) is 13.0 Å². The highest BCUT2D eigenvalue weighted by Crippen LogP contribution is 2.14. The summed E-state index contributed by atoms with van der Waals surface area (Å²) < 4.78 is 1.82. The Balaban J connectivity index is 2.33. The molecule has 4 heteroatoms. The Morgan fingerprint density at radius 3 is 2.73 bits per heavy atom. The van der Waals surface area contributed by atoms with Crippen LogP contribution in [0.2, 0.25) is 0 Å². The molecule has 3 nitrogen and oxygen atoms in total. The van der Waals surface area contributed by atoms with E-state index in [1.807, 2.05) is 31.0 Å². The lowest BCUT2D eigenvalue weighted by atomic mass is 10.0. The maximum absolute atomic E-state index is 6.08. The number of hydrogen-bond donors (Lipinski definition) is 1. The van der Waals surface area contributed by atoms with E-state index in [9.17, 15) is 0 Å². The molecule has 0 spiro atoms. The number of alkyl halides is 1. The molecule has 1 aromatic rings. The van der Waals surface area contributed by atoms with Crippen LogP contribution in [0.3, 0.4) is 0 Å². The topological polar surface area (TPSA) is 29.9 Å². The number of halogens is 1. The SMILES string of the molecule is CC(Cl)C(C)(C)NCCc1cnn(C)c1. The predicted octanol–water partition coefficient (Wildman–Crippen LogP) is 1.96. The summed E-state index contributed by atoms with van der Waals surface area (Å²) >= 11 is 6.08. The normalized spacial score (nSPS) is 14.2. The lowest BCUT2D eigenvalue weighted by Gasteiger charge is -2.29. The standard InChI is InChI=1S/C11H20ClN3/c1-9(12)11(2,3)13-6-5-10-7-14-15(4)8-10/h7-9,13H,5-6H2,1-4H3. The zero-order valence-electron chi connectivity index (χ0n) is 9.92. The van der Waals surface area contributed by atoms with Crippen molar-refractivity contribution in [2.45, 2.75) is 38.1 Å². The van der Waals surface area contributed by atoms with E-state index in [1.165, 1.54) is 5.56 Å². The van der Waals surface area contributed by atoms with Gasteiger partial charge in [-0.1, -0.05) is 0 Å². The van der Waals surface area contributed by atoms with Gasteiger partial charge in [-0.3, -0.25) is 4.68 Å². The van der Waals surface area contributed by atoms with Gasteiger partial charge in [0.2, 0.25) is 0 Å². The molecule has 0 amide bonds. The van der Waals surface area contributed by atoms with Crippen LogP contribution in [-0.4, -0.2) is 27.2 Å². The van der Waals surface area contributed by atoms with Crippen molar-refractivity contribution in [3.8, 4) is 0 Å². The first-order valence-corrected chi connectivity index (χ1v) is 5.72. The van der Waals surface area contributed by atoms with Gasteiger partial charge in [0, 0.05) is 24.2 Å². The molecule has 0 aliphatic rings. The van der Waals surface area contributed by atoms with Crippen LogP contribution in [0.15, 0.2) is 12.4 Å². The van der Waals surface area contributed by atoms with Crippen LogP contribution in [0.4, 0.5) is 0 Å². The molecule has 0 radical (unpaired) electrons. The van der Waals surface area contributed by atoms with E-state index in [-0.39, 0.29) is 10.9 Å². The van der Waals surface area contributed by atoms with Gasteiger partial charge >= 0.3 is 0 Å². The number of aromatic nitrogens is 2. The van der Waals surface area contributed by atoms with E-state index in [1.54, 1.807) is 0 Å². The molecule has 0 bridgehead atoms. The van der Waals surface area contributed by atoms with Crippen LogP contribution < -0.4 is 5.32 Å². The molecule has 0 aliphatic heterocycles. The van der Waals surface area contributed by atoms with E-state index in [0.29, 0.717) is 0 Å². The highest BCUT2D eigenvalue weighted by Gasteiger charge is 2.22. The summed E-state index contributed by atoms with van der Waals surface area (Å²) in [7, 11) is 1.93. The molecule has 0 saturated carbocycles. The van der Waals surface area contributed by atoms with Crippen LogP contribution in [-0.2, 0) is 13.5 Å². The summed E-state index contributed by atoms with van der Waals surface area (Å²) in [6.07, 6.45) is 4.93. The van der Waals surface area contributed by atoms with Crippen molar-refractivity contribution in [1.82, 2.24) is 15.1 Å². The average Bonchev–Trinajstić information content (AvgIpc) is 2.51. The highest BCUT2D eigenvalue weighted by atomic mass is 35.5. The lowest BCUT2D eigenvalue weighted by molar-refractivity contribution is 0.385. The summed E-state index contributed by atoms with van der Waals surface area (Å²) in [5.74, 6) is 0. The van der Waals surface area contributed by atoms with E-state index >= 15 is 0 Å². The molecule has 0 aromatic carbocycles. The third-order valence-corrected chi connectivity index (χ3v) is 3.29. The zero-order chi connectivity index (χ0) is 11.5. The first kappa shape index (κ1) is 12.5. The molecule has 1 heterocycles. The maximum atomic E-state index is 6.08. The molecule has 86 valence electrons. The Morgan fingerprint density at radius 1 is 1.60 bits per heavy atom. The lowest BCUT2D eigenvalue weighted by Crippen LogP contribution is -2.46. The van der Waals surface area contributed by atoms with Crippen molar-refractivity contribution < 1.29 is 0 Å². The number of hydrogen-bond acceptors (Lipinski definition) is 2. The van der Waals surface area contributed by atoms with Gasteiger partial charge in [0.05, 0.1) is 6.20 Å². The van der Waals surface area contributed by atoms with Gasteiger partial charge in [-0.25, -0.2) is 0 Å². The molecule has 0 aliphatic carbocycles. The van der Waals surface area contributed by atoms with Gasteiger partial charge in [0.1, 0.15) is 0 Å². The number of nitrogens with one attached hydrogen (secondary N) is 1. The zero-order valence-corrected chi connectivity index (χ0v) is 10.7. The summed E-state index contributed by atoms with van der Waals surface area (Å²) in [4.78, 5) is 0. The number of nitrogens with zero attached hydrogens (tertiary/aromatic N) is 2. The van der Waals surface area contributed by atoms with Gasteiger partial charge in [0.15, 0.2) is 0 Å². The van der Waals surface area contributed by atoms with E-state index in [2.05, 4.69) is 24.3 Å². The summed E-state index contributed by atoms with van der Waals surface area (Å²) in [6.45, 7) is 7.18. The predicted molar refractivity (Wildman–Crippen MR) is 64.3 cm³/mol. The first-order valence-electron chi connectivity index (χ1n) is 5.28. The van der Waals surface area contributed by atoms with E-state index in [4.69, 9.17) is 11.6 Å². The van der Waals surface area contributed by atoms with Crippen LogP contribution in [0, 0.1) is 0 Å². The fourth-order valence-corrected chi connectivity index (χ4v) is 1.35. The largest absolute Gasteiger partial charge is 0.310 e. The minimum atomic E-state index is -0.0240. The molecule has 15 heavy (non-hydrogen) atoms. The Hall–Kier alpha value is -0.540. The quantitative estimate of drug-likeness (QED) is 0.783. The molecule has 1 atom stereocenters. The molecular formula is C11H20ClN3. The van der Waals surface area contributed by atoms with Gasteiger partial charge in [-0.2, -0.15) is 5.10 Å². The van der Waals surface area contributed by atoms with Gasteiger partial charge in [0.25, 0.3) is 0 Å². The molecule has 0 fully saturated rings. The smallest absolute Gasteiger partial charge is 0.0522 e. The second-order valence-corrected chi connectivity index (χ2v) is 5.19. The number of rotatable bonds is 5. The van der Waals surface area contributed by atoms with Crippen LogP contribution in [0.1, 0.15) is 26.3 Å². The minimum Gasteiger partial charge on any atom is -0.310 e. The molecule has 0 saturated heterocycles. The van der Waals surface area contributed by atoms with E-state index < -0.39 is 0 Å². The summed E-state index contributed by atoms with van der Waals surface area (Å²) in [5, 5.41) is 7.69. The Labute approximate surface area is 96.8 Å². The van der Waals surface area contributed by atoms with Crippen molar-refractivity contribution in [1.29, 1.82) is 0 Å². The average molecular weight is 230 g/mol. The maximum Gasteiger partial charge on any atom is 0.0522 e. The van der Waals surface area contributed by atoms with Gasteiger partial charge in [-0.15, -0.1) is 11.6 Å². The summed E-state index contributed by atoms with van der Waals surface area (Å²) in [6, 6.07) is 0. The van der Waals surface area contributed by atoms with Crippen molar-refractivity contribution in [2.24, 2.45) is 7.05 Å². The molecule has 1 aromatic heterocycles. The monoisotopic (exact) mass is 229 g/mol. The Kier molecular flexibility index (Phi) is 4.17. The van der Waals surface area contributed by atoms with Gasteiger partial charge in [-0.05, 0) is 39.3 Å². The first-order chi connectivity index (χ1) is 6.92. The molecular weight excluding hydrogens is 210 g/mol. The third kappa shape index (κ3) is 3.84. The van der Waals surface area contributed by atoms with Gasteiger partial charge < -0.3 is 5.32 Å². The fraction of sp³-hybridized carbons (Fsp3) is 0.727. The third-order valence-electron chi connectivity index (χ3n) is 2.75. The fourth-order valence-electron chi connectivity index (χ4n) is 1.27. The minimum absolute atomic E-state index is 0.0240. The summed E-state index contributed by atoms with van der Waals surface area (Å²) in [5.41, 5.74) is 1.23. The van der Waals surface area contributed by atoms with Crippen molar-refractivity contribution in [2.75, 3.05) is 6.54 Å². The Morgan fingerprint density at radius 2 is 2.27 bits per heavy atom. The molecule has 1 rings (SSSR count).